The molecule has 2 atom stereocenters. The predicted molar refractivity (Wildman–Crippen MR) is 108 cm³/mol. The third-order valence-corrected chi connectivity index (χ3v) is 5.51. The molecular formula is C18H18Cl3N5. The molecule has 1 fully saturated rings. The van der Waals surface area contributed by atoms with Crippen molar-refractivity contribution in [3.05, 3.63) is 73.5 Å². The molecule has 0 saturated carbocycles. The smallest absolute Gasteiger partial charge is 0.0700 e. The first-order valence-electron chi connectivity index (χ1n) is 8.19. The molecule has 1 heterocycles. The Hall–Kier alpha value is -1.62. The molecule has 1 saturated heterocycles. The minimum Gasteiger partial charge on any atom is -0.360 e. The van der Waals surface area contributed by atoms with Crippen LogP contribution in [-0.2, 0) is 0 Å². The lowest BCUT2D eigenvalue weighted by molar-refractivity contribution is 0.179. The summed E-state index contributed by atoms with van der Waals surface area (Å²) in [7, 11) is 2.04. The number of anilines is 1. The van der Waals surface area contributed by atoms with Gasteiger partial charge in [0.15, 0.2) is 0 Å². The van der Waals surface area contributed by atoms with E-state index in [1.165, 1.54) is 0 Å². The number of nitrogens with zero attached hydrogens (tertiary/aromatic N) is 5. The molecule has 2 aromatic carbocycles. The highest BCUT2D eigenvalue weighted by Crippen LogP contribution is 2.39. The maximum atomic E-state index is 8.81. The molecule has 0 spiro atoms. The van der Waals surface area contributed by atoms with Crippen molar-refractivity contribution in [1.29, 1.82) is 0 Å². The molecule has 26 heavy (non-hydrogen) atoms. The van der Waals surface area contributed by atoms with Gasteiger partial charge in [-0.2, -0.15) is 0 Å². The first-order valence-corrected chi connectivity index (χ1v) is 9.33. The van der Waals surface area contributed by atoms with E-state index in [4.69, 9.17) is 40.3 Å². The summed E-state index contributed by atoms with van der Waals surface area (Å²) in [5.74, 6) is 0. The molecule has 0 bridgehead atoms. The summed E-state index contributed by atoms with van der Waals surface area (Å²) in [5, 5.41) is 5.72. The SMILES string of the molecule is CN1CCN(c2ccc(Cl)cc2Cl)[C@@H](c2ccc(Cl)cc2)[C@H]1CN=[N+]=[N-]. The second-order valence-corrected chi connectivity index (χ2v) is 7.53. The number of benzene rings is 2. The van der Waals surface area contributed by atoms with Crippen molar-refractivity contribution in [3.63, 3.8) is 0 Å². The van der Waals surface area contributed by atoms with Gasteiger partial charge < -0.3 is 4.90 Å². The van der Waals surface area contributed by atoms with Crippen LogP contribution < -0.4 is 4.90 Å². The van der Waals surface area contributed by atoms with E-state index in [9.17, 15) is 0 Å². The number of hydrogen-bond donors (Lipinski definition) is 0. The van der Waals surface area contributed by atoms with Gasteiger partial charge in [-0.15, -0.1) is 0 Å². The number of rotatable bonds is 4. The van der Waals surface area contributed by atoms with Gasteiger partial charge in [-0.1, -0.05) is 52.0 Å². The summed E-state index contributed by atoms with van der Waals surface area (Å²) in [6, 6.07) is 13.3. The average molecular weight is 411 g/mol. The standard InChI is InChI=1S/C18H18Cl3N5/c1-25-8-9-26(16-7-6-14(20)10-15(16)21)18(17(25)11-23-24-22)12-2-4-13(19)5-3-12/h2-7,10,17-18H,8-9,11H2,1H3/t17-,18+/m1/s1. The minimum absolute atomic E-state index is 0.00701. The Balaban J connectivity index is 2.07. The highest BCUT2D eigenvalue weighted by Gasteiger charge is 2.36. The van der Waals surface area contributed by atoms with Crippen LogP contribution in [-0.4, -0.2) is 37.6 Å². The van der Waals surface area contributed by atoms with Crippen LogP contribution in [0.3, 0.4) is 0 Å². The Morgan fingerprint density at radius 3 is 2.42 bits per heavy atom. The molecule has 0 aliphatic carbocycles. The lowest BCUT2D eigenvalue weighted by Gasteiger charge is -2.47. The molecule has 5 nitrogen and oxygen atoms in total. The lowest BCUT2D eigenvalue weighted by Crippen LogP contribution is -2.54. The van der Waals surface area contributed by atoms with E-state index in [0.717, 1.165) is 24.3 Å². The summed E-state index contributed by atoms with van der Waals surface area (Å²) in [6.07, 6.45) is 0. The zero-order valence-corrected chi connectivity index (χ0v) is 16.5. The van der Waals surface area contributed by atoms with Gasteiger partial charge in [0.05, 0.1) is 16.8 Å². The van der Waals surface area contributed by atoms with Crippen molar-refractivity contribution in [2.75, 3.05) is 31.6 Å². The van der Waals surface area contributed by atoms with Gasteiger partial charge in [0, 0.05) is 40.6 Å². The molecule has 0 radical (unpaired) electrons. The van der Waals surface area contributed by atoms with Crippen molar-refractivity contribution >= 4 is 40.5 Å². The van der Waals surface area contributed by atoms with Crippen LogP contribution in [0.2, 0.25) is 15.1 Å². The van der Waals surface area contributed by atoms with Gasteiger partial charge in [0.1, 0.15) is 0 Å². The van der Waals surface area contributed by atoms with E-state index < -0.39 is 0 Å². The van der Waals surface area contributed by atoms with Crippen LogP contribution >= 0.6 is 34.8 Å². The van der Waals surface area contributed by atoms with Crippen LogP contribution in [0.5, 0.6) is 0 Å². The summed E-state index contributed by atoms with van der Waals surface area (Å²) in [6.45, 7) is 1.98. The van der Waals surface area contributed by atoms with E-state index in [-0.39, 0.29) is 12.1 Å². The van der Waals surface area contributed by atoms with Crippen LogP contribution in [0.15, 0.2) is 47.6 Å². The summed E-state index contributed by atoms with van der Waals surface area (Å²) in [4.78, 5) is 7.41. The predicted octanol–water partition coefficient (Wildman–Crippen LogP) is 5.82. The Bertz CT molecular complexity index is 820. The Labute approximate surface area is 167 Å². The zero-order chi connectivity index (χ0) is 18.7. The fourth-order valence-electron chi connectivity index (χ4n) is 3.43. The number of likely N-dealkylation sites (N-methyl/N-ethyl adjacent to an activating group) is 1. The zero-order valence-electron chi connectivity index (χ0n) is 14.2. The second kappa shape index (κ2) is 8.38. The highest BCUT2D eigenvalue weighted by molar-refractivity contribution is 6.36. The Kier molecular flexibility index (Phi) is 6.17. The van der Waals surface area contributed by atoms with Gasteiger partial charge in [-0.3, -0.25) is 4.90 Å². The summed E-state index contributed by atoms with van der Waals surface area (Å²) in [5.41, 5.74) is 10.8. The molecule has 1 aliphatic rings. The van der Waals surface area contributed by atoms with Crippen LogP contribution in [0.1, 0.15) is 11.6 Å². The van der Waals surface area contributed by atoms with Gasteiger partial charge in [0.2, 0.25) is 0 Å². The minimum atomic E-state index is -0.0322. The molecular weight excluding hydrogens is 393 g/mol. The summed E-state index contributed by atoms with van der Waals surface area (Å²) < 4.78 is 0. The quantitative estimate of drug-likeness (QED) is 0.362. The third-order valence-electron chi connectivity index (χ3n) is 4.72. The Morgan fingerprint density at radius 1 is 1.08 bits per heavy atom. The van der Waals surface area contributed by atoms with Gasteiger partial charge in [0.25, 0.3) is 0 Å². The first kappa shape index (κ1) is 19.2. The van der Waals surface area contributed by atoms with E-state index >= 15 is 0 Å². The largest absolute Gasteiger partial charge is 0.360 e. The topological polar surface area (TPSA) is 55.2 Å². The monoisotopic (exact) mass is 409 g/mol. The van der Waals surface area contributed by atoms with Crippen LogP contribution in [0.25, 0.3) is 10.4 Å². The maximum Gasteiger partial charge on any atom is 0.0700 e. The summed E-state index contributed by atoms with van der Waals surface area (Å²) >= 11 is 18.6. The van der Waals surface area contributed by atoms with Gasteiger partial charge in [-0.05, 0) is 48.5 Å². The average Bonchev–Trinajstić information content (AvgIpc) is 2.62. The number of azide groups is 1. The van der Waals surface area contributed by atoms with Crippen molar-refractivity contribution in [3.8, 4) is 0 Å². The van der Waals surface area contributed by atoms with Gasteiger partial charge in [-0.25, -0.2) is 0 Å². The molecule has 136 valence electrons. The lowest BCUT2D eigenvalue weighted by atomic mass is 9.93. The second-order valence-electron chi connectivity index (χ2n) is 6.25. The van der Waals surface area contributed by atoms with E-state index in [1.807, 2.05) is 43.4 Å². The number of halogens is 3. The third kappa shape index (κ3) is 4.03. The van der Waals surface area contributed by atoms with Crippen molar-refractivity contribution in [1.82, 2.24) is 4.90 Å². The molecule has 0 amide bonds. The molecule has 8 heteroatoms. The van der Waals surface area contributed by atoms with E-state index in [1.54, 1.807) is 6.07 Å². The molecule has 0 aromatic heterocycles. The Morgan fingerprint density at radius 2 is 1.77 bits per heavy atom. The van der Waals surface area contributed by atoms with E-state index in [0.29, 0.717) is 21.6 Å². The van der Waals surface area contributed by atoms with Crippen molar-refractivity contribution < 1.29 is 0 Å². The van der Waals surface area contributed by atoms with Crippen LogP contribution in [0, 0.1) is 0 Å². The normalized spacial score (nSPS) is 20.7. The van der Waals surface area contributed by atoms with Gasteiger partial charge >= 0.3 is 0 Å². The van der Waals surface area contributed by atoms with Crippen molar-refractivity contribution in [2.45, 2.75) is 12.1 Å². The number of piperazine rings is 1. The highest BCUT2D eigenvalue weighted by atomic mass is 35.5. The first-order chi connectivity index (χ1) is 12.5. The molecule has 2 aromatic rings. The maximum absolute atomic E-state index is 8.81. The fraction of sp³-hybridized carbons (Fsp3) is 0.333. The van der Waals surface area contributed by atoms with Crippen LogP contribution in [0.4, 0.5) is 5.69 Å². The molecule has 1 aliphatic heterocycles. The fourth-order valence-corrected chi connectivity index (χ4v) is 4.07. The van der Waals surface area contributed by atoms with E-state index in [2.05, 4.69) is 19.8 Å². The molecule has 0 unspecified atom stereocenters. The molecule has 3 rings (SSSR count). The molecule has 0 N–H and O–H groups in total. The van der Waals surface area contributed by atoms with Crippen molar-refractivity contribution in [2.24, 2.45) is 5.11 Å². The number of hydrogen-bond acceptors (Lipinski definition) is 3.